The highest BCUT2D eigenvalue weighted by Crippen LogP contribution is 2.38. The Bertz CT molecular complexity index is 934. The largest absolute Gasteiger partial charge is 0.456 e. The van der Waals surface area contributed by atoms with Gasteiger partial charge >= 0.3 is 0 Å². The van der Waals surface area contributed by atoms with E-state index in [-0.39, 0.29) is 6.10 Å². The molecule has 1 saturated heterocycles. The number of halogens is 2. The maximum atomic E-state index is 6.26. The van der Waals surface area contributed by atoms with Crippen LogP contribution in [0.2, 0.25) is 10.0 Å². The molecule has 1 fully saturated rings. The Morgan fingerprint density at radius 3 is 2.68 bits per heavy atom. The van der Waals surface area contributed by atoms with Crippen molar-refractivity contribution in [2.24, 2.45) is 0 Å². The van der Waals surface area contributed by atoms with Gasteiger partial charge in [0.2, 0.25) is 5.79 Å². The smallest absolute Gasteiger partial charge is 0.215 e. The third-order valence-electron chi connectivity index (χ3n) is 4.57. The summed E-state index contributed by atoms with van der Waals surface area (Å²) in [7, 11) is 0. The molecular formula is C20H19Cl2N3O3. The van der Waals surface area contributed by atoms with Gasteiger partial charge in [0.25, 0.3) is 0 Å². The molecule has 28 heavy (non-hydrogen) atoms. The molecule has 0 spiro atoms. The van der Waals surface area contributed by atoms with E-state index in [4.69, 9.17) is 37.4 Å². The SMILES string of the molecule is CCC1COC(Cn2cncn2)(c2ccc(Oc3ccc(Cl)cc3Cl)cc2)O1. The molecule has 0 aliphatic carbocycles. The van der Waals surface area contributed by atoms with E-state index >= 15 is 0 Å². The van der Waals surface area contributed by atoms with E-state index in [1.54, 1.807) is 29.2 Å². The summed E-state index contributed by atoms with van der Waals surface area (Å²) in [4.78, 5) is 4.00. The summed E-state index contributed by atoms with van der Waals surface area (Å²) in [6.45, 7) is 3.02. The first kappa shape index (κ1) is 19.2. The van der Waals surface area contributed by atoms with Gasteiger partial charge in [-0.2, -0.15) is 5.10 Å². The van der Waals surface area contributed by atoms with Gasteiger partial charge in [0.05, 0.1) is 17.7 Å². The Kier molecular flexibility index (Phi) is 5.55. The fraction of sp³-hybridized carbons (Fsp3) is 0.300. The fourth-order valence-electron chi connectivity index (χ4n) is 3.08. The molecule has 1 aromatic heterocycles. The lowest BCUT2D eigenvalue weighted by Crippen LogP contribution is -2.33. The van der Waals surface area contributed by atoms with Gasteiger partial charge < -0.3 is 14.2 Å². The number of nitrogens with zero attached hydrogens (tertiary/aromatic N) is 3. The highest BCUT2D eigenvalue weighted by atomic mass is 35.5. The Balaban J connectivity index is 1.57. The first-order valence-electron chi connectivity index (χ1n) is 8.95. The van der Waals surface area contributed by atoms with Crippen LogP contribution in [0.5, 0.6) is 11.5 Å². The van der Waals surface area contributed by atoms with Crippen LogP contribution >= 0.6 is 23.2 Å². The van der Waals surface area contributed by atoms with E-state index in [0.29, 0.717) is 34.7 Å². The molecule has 0 amide bonds. The van der Waals surface area contributed by atoms with Crippen molar-refractivity contribution in [2.45, 2.75) is 31.8 Å². The second kappa shape index (κ2) is 8.09. The third kappa shape index (κ3) is 4.00. The topological polar surface area (TPSA) is 58.4 Å². The number of aromatic nitrogens is 3. The monoisotopic (exact) mass is 419 g/mol. The van der Waals surface area contributed by atoms with E-state index in [9.17, 15) is 0 Å². The predicted molar refractivity (Wildman–Crippen MR) is 106 cm³/mol. The third-order valence-corrected chi connectivity index (χ3v) is 5.10. The number of benzene rings is 2. The second-order valence-corrected chi connectivity index (χ2v) is 7.35. The summed E-state index contributed by atoms with van der Waals surface area (Å²) < 4.78 is 19.9. The molecule has 8 heteroatoms. The van der Waals surface area contributed by atoms with Gasteiger partial charge in [-0.1, -0.05) is 30.1 Å². The molecule has 0 radical (unpaired) electrons. The molecule has 0 N–H and O–H groups in total. The molecule has 0 bridgehead atoms. The van der Waals surface area contributed by atoms with Crippen molar-refractivity contribution < 1.29 is 14.2 Å². The van der Waals surface area contributed by atoms with Crippen LogP contribution in [0.25, 0.3) is 0 Å². The molecule has 4 rings (SSSR count). The summed E-state index contributed by atoms with van der Waals surface area (Å²) in [5.41, 5.74) is 0.883. The van der Waals surface area contributed by atoms with Crippen LogP contribution in [-0.2, 0) is 21.8 Å². The second-order valence-electron chi connectivity index (χ2n) is 6.51. The lowest BCUT2D eigenvalue weighted by molar-refractivity contribution is -0.188. The molecule has 2 heterocycles. The van der Waals surface area contributed by atoms with Gasteiger partial charge in [0.15, 0.2) is 0 Å². The van der Waals surface area contributed by atoms with Gasteiger partial charge in [-0.15, -0.1) is 0 Å². The number of hydrogen-bond donors (Lipinski definition) is 0. The average molecular weight is 420 g/mol. The summed E-state index contributed by atoms with van der Waals surface area (Å²) in [5.74, 6) is 0.273. The van der Waals surface area contributed by atoms with Crippen molar-refractivity contribution in [1.29, 1.82) is 0 Å². The van der Waals surface area contributed by atoms with E-state index in [1.165, 1.54) is 6.33 Å². The molecule has 0 saturated carbocycles. The van der Waals surface area contributed by atoms with E-state index in [2.05, 4.69) is 17.0 Å². The van der Waals surface area contributed by atoms with Crippen molar-refractivity contribution >= 4 is 23.2 Å². The zero-order valence-electron chi connectivity index (χ0n) is 15.2. The van der Waals surface area contributed by atoms with E-state index < -0.39 is 5.79 Å². The van der Waals surface area contributed by atoms with Gasteiger partial charge in [-0.3, -0.25) is 0 Å². The fourth-order valence-corrected chi connectivity index (χ4v) is 3.53. The van der Waals surface area contributed by atoms with E-state index in [1.807, 2.05) is 24.3 Å². The standard InChI is InChI=1S/C20H19Cl2N3O3/c1-2-16-10-26-20(28-16,11-25-13-23-12-24-25)14-3-6-17(7-4-14)27-19-8-5-15(21)9-18(19)22/h3-9,12-13,16H,2,10-11H2,1H3. The summed E-state index contributed by atoms with van der Waals surface area (Å²) in [6, 6.07) is 12.7. The molecule has 1 aliphatic heterocycles. The summed E-state index contributed by atoms with van der Waals surface area (Å²) in [5, 5.41) is 5.20. The quantitative estimate of drug-likeness (QED) is 0.558. The van der Waals surface area contributed by atoms with Gasteiger partial charge in [-0.25, -0.2) is 9.67 Å². The molecule has 146 valence electrons. The van der Waals surface area contributed by atoms with Crippen LogP contribution in [0, 0.1) is 0 Å². The maximum absolute atomic E-state index is 6.26. The van der Waals surface area contributed by atoms with Crippen LogP contribution in [0.1, 0.15) is 18.9 Å². The van der Waals surface area contributed by atoms with Crippen LogP contribution in [-0.4, -0.2) is 27.5 Å². The van der Waals surface area contributed by atoms with Crippen molar-refractivity contribution in [3.8, 4) is 11.5 Å². The maximum Gasteiger partial charge on any atom is 0.215 e. The Morgan fingerprint density at radius 2 is 2.04 bits per heavy atom. The first-order valence-corrected chi connectivity index (χ1v) is 9.71. The van der Waals surface area contributed by atoms with Crippen LogP contribution in [0.15, 0.2) is 55.1 Å². The predicted octanol–water partition coefficient (Wildman–Crippen LogP) is 5.06. The minimum absolute atomic E-state index is 0.0346. The van der Waals surface area contributed by atoms with Crippen molar-refractivity contribution in [1.82, 2.24) is 14.8 Å². The van der Waals surface area contributed by atoms with Crippen molar-refractivity contribution in [2.75, 3.05) is 6.61 Å². The van der Waals surface area contributed by atoms with Gasteiger partial charge in [-0.05, 0) is 48.9 Å². The normalized spacial score (nSPS) is 21.8. The highest BCUT2D eigenvalue weighted by molar-refractivity contribution is 6.35. The van der Waals surface area contributed by atoms with Crippen LogP contribution in [0.3, 0.4) is 0 Å². The lowest BCUT2D eigenvalue weighted by Gasteiger charge is -2.28. The summed E-state index contributed by atoms with van der Waals surface area (Å²) in [6.07, 6.45) is 4.04. The van der Waals surface area contributed by atoms with E-state index in [0.717, 1.165) is 12.0 Å². The zero-order valence-corrected chi connectivity index (χ0v) is 16.7. The Hall–Kier alpha value is -2.12. The Morgan fingerprint density at radius 1 is 1.21 bits per heavy atom. The number of ether oxygens (including phenoxy) is 3. The summed E-state index contributed by atoms with van der Waals surface area (Å²) >= 11 is 12.1. The van der Waals surface area contributed by atoms with Crippen molar-refractivity contribution in [3.05, 3.63) is 70.7 Å². The minimum atomic E-state index is -0.912. The van der Waals surface area contributed by atoms with Crippen LogP contribution < -0.4 is 4.74 Å². The zero-order chi connectivity index (χ0) is 19.6. The molecule has 2 unspecified atom stereocenters. The molecule has 6 nitrogen and oxygen atoms in total. The molecule has 3 aromatic rings. The molecule has 1 aliphatic rings. The van der Waals surface area contributed by atoms with Crippen LogP contribution in [0.4, 0.5) is 0 Å². The number of hydrogen-bond acceptors (Lipinski definition) is 5. The van der Waals surface area contributed by atoms with Gasteiger partial charge in [0, 0.05) is 10.6 Å². The molecule has 2 aromatic carbocycles. The van der Waals surface area contributed by atoms with Crippen molar-refractivity contribution in [3.63, 3.8) is 0 Å². The van der Waals surface area contributed by atoms with Gasteiger partial charge in [0.1, 0.15) is 30.7 Å². The highest BCUT2D eigenvalue weighted by Gasteiger charge is 2.43. The minimum Gasteiger partial charge on any atom is -0.456 e. The average Bonchev–Trinajstić information content (AvgIpc) is 3.35. The Labute approximate surface area is 173 Å². The number of rotatable bonds is 6. The molecule has 2 atom stereocenters. The lowest BCUT2D eigenvalue weighted by atomic mass is 10.1. The molecular weight excluding hydrogens is 401 g/mol. The first-order chi connectivity index (χ1) is 13.6.